The van der Waals surface area contributed by atoms with Crippen molar-refractivity contribution in [2.45, 2.75) is 44.6 Å². The maximum absolute atomic E-state index is 13.5. The number of ketones is 2. The van der Waals surface area contributed by atoms with Crippen molar-refractivity contribution in [2.75, 3.05) is 0 Å². The van der Waals surface area contributed by atoms with E-state index in [9.17, 15) is 35.1 Å². The third-order valence-corrected chi connectivity index (χ3v) is 6.35. The van der Waals surface area contributed by atoms with Crippen molar-refractivity contribution < 1.29 is 44.6 Å². The number of aryl methyl sites for hydroxylation is 1. The number of aromatic hydroxyl groups is 2. The minimum Gasteiger partial charge on any atom is -0.507 e. The third kappa shape index (κ3) is 3.17. The first kappa shape index (κ1) is 22.3. The lowest BCUT2D eigenvalue weighted by molar-refractivity contribution is -0.267. The van der Waals surface area contributed by atoms with E-state index in [1.165, 1.54) is 31.2 Å². The molecule has 0 radical (unpaired) electrons. The van der Waals surface area contributed by atoms with Gasteiger partial charge in [0.1, 0.15) is 35.6 Å². The number of phenolic OH excluding ortho intramolecular Hbond substituents is 2. The first-order valence-electron chi connectivity index (χ1n) is 10.7. The number of aliphatic hydroxyl groups excluding tert-OH is 3. The number of fused-ring (bicyclic) bond motifs is 4. The molecule has 1 aliphatic carbocycles. The molecule has 176 valence electrons. The summed E-state index contributed by atoms with van der Waals surface area (Å²) in [5.74, 6) is -2.02. The lowest BCUT2D eigenvalue weighted by Gasteiger charge is -2.39. The Morgan fingerprint density at radius 3 is 2.32 bits per heavy atom. The summed E-state index contributed by atoms with van der Waals surface area (Å²) in [5.41, 5.74) is 0.104. The summed E-state index contributed by atoms with van der Waals surface area (Å²) in [6, 6.07) is 8.73. The summed E-state index contributed by atoms with van der Waals surface area (Å²) < 4.78 is 11.5. The Morgan fingerprint density at radius 2 is 1.59 bits per heavy atom. The summed E-state index contributed by atoms with van der Waals surface area (Å²) in [6.07, 6.45) is -6.67. The van der Waals surface area contributed by atoms with Crippen LogP contribution in [0.15, 0.2) is 36.4 Å². The fourth-order valence-corrected chi connectivity index (χ4v) is 4.65. The number of carbonyl (C=O) groups excluding carboxylic acids is 2. The van der Waals surface area contributed by atoms with Crippen LogP contribution in [0.4, 0.5) is 0 Å². The van der Waals surface area contributed by atoms with Crippen molar-refractivity contribution in [3.05, 3.63) is 64.2 Å². The predicted molar refractivity (Wildman–Crippen MR) is 118 cm³/mol. The largest absolute Gasteiger partial charge is 0.507 e. The van der Waals surface area contributed by atoms with Gasteiger partial charge in [0, 0.05) is 16.5 Å². The Balaban J connectivity index is 1.73. The quantitative estimate of drug-likeness (QED) is 0.296. The molecule has 1 heterocycles. The number of aliphatic hydroxyl groups is 3. The summed E-state index contributed by atoms with van der Waals surface area (Å²) >= 11 is 0. The van der Waals surface area contributed by atoms with Gasteiger partial charge in [-0.15, -0.1) is 0 Å². The number of benzene rings is 3. The number of phenols is 2. The molecule has 5 N–H and O–H groups in total. The predicted octanol–water partition coefficient (Wildman–Crippen LogP) is 1.54. The zero-order chi connectivity index (χ0) is 24.5. The van der Waals surface area contributed by atoms with Gasteiger partial charge in [0.05, 0.1) is 17.2 Å². The summed E-state index contributed by atoms with van der Waals surface area (Å²) in [7, 11) is 0. The molecule has 3 aromatic rings. The van der Waals surface area contributed by atoms with Crippen LogP contribution >= 0.6 is 0 Å². The van der Waals surface area contributed by atoms with Crippen LogP contribution in [0.1, 0.15) is 44.3 Å². The highest BCUT2D eigenvalue weighted by molar-refractivity contribution is 6.34. The average molecular weight is 466 g/mol. The molecule has 34 heavy (non-hydrogen) atoms. The normalized spacial score (nSPS) is 26.3. The van der Waals surface area contributed by atoms with Crippen molar-refractivity contribution in [1.82, 2.24) is 0 Å². The standard InChI is InChI=1S/C25H22O9/c1-9-6-11-8-14(27)18-19(21(29)12-4-3-5-13(26)17(12)22(18)30)16(11)15(7-9)34-25-24(32)23(31)20(28)10(2)33-25/h3-8,10,20,23-28,31-32H,1-2H3/t10-,20-,23+,24+,25-/m0/s1. The van der Waals surface area contributed by atoms with Crippen molar-refractivity contribution in [3.63, 3.8) is 0 Å². The van der Waals surface area contributed by atoms with Gasteiger partial charge in [-0.25, -0.2) is 0 Å². The van der Waals surface area contributed by atoms with E-state index in [2.05, 4.69) is 0 Å². The van der Waals surface area contributed by atoms with Crippen LogP contribution in [-0.4, -0.2) is 67.8 Å². The molecule has 0 bridgehead atoms. The van der Waals surface area contributed by atoms with E-state index in [1.54, 1.807) is 19.1 Å². The maximum atomic E-state index is 13.5. The maximum Gasteiger partial charge on any atom is 0.229 e. The van der Waals surface area contributed by atoms with Gasteiger partial charge in [0.2, 0.25) is 12.1 Å². The minimum atomic E-state index is -1.59. The van der Waals surface area contributed by atoms with Crippen LogP contribution in [0.25, 0.3) is 10.8 Å². The Bertz CT molecular complexity index is 1360. The molecule has 0 amide bonds. The molecule has 0 spiro atoms. The van der Waals surface area contributed by atoms with E-state index >= 15 is 0 Å². The van der Waals surface area contributed by atoms with Crippen LogP contribution in [0.5, 0.6) is 17.2 Å². The molecule has 5 atom stereocenters. The van der Waals surface area contributed by atoms with Crippen molar-refractivity contribution in [2.24, 2.45) is 0 Å². The Morgan fingerprint density at radius 1 is 0.853 bits per heavy atom. The molecule has 2 aliphatic rings. The lowest BCUT2D eigenvalue weighted by atomic mass is 9.80. The fourth-order valence-electron chi connectivity index (χ4n) is 4.65. The molecular weight excluding hydrogens is 444 g/mol. The number of carbonyl (C=O) groups is 2. The van der Waals surface area contributed by atoms with Gasteiger partial charge in [-0.3, -0.25) is 9.59 Å². The van der Waals surface area contributed by atoms with Gasteiger partial charge in [-0.05, 0) is 43.0 Å². The van der Waals surface area contributed by atoms with E-state index in [-0.39, 0.29) is 39.1 Å². The van der Waals surface area contributed by atoms with Crippen LogP contribution in [-0.2, 0) is 4.74 Å². The second-order valence-electron chi connectivity index (χ2n) is 8.66. The van der Waals surface area contributed by atoms with Crippen molar-refractivity contribution in [1.29, 1.82) is 0 Å². The first-order valence-corrected chi connectivity index (χ1v) is 10.7. The second-order valence-corrected chi connectivity index (χ2v) is 8.66. The highest BCUT2D eigenvalue weighted by Crippen LogP contribution is 2.44. The molecule has 1 aliphatic heterocycles. The van der Waals surface area contributed by atoms with E-state index in [1.807, 2.05) is 0 Å². The van der Waals surface area contributed by atoms with Gasteiger partial charge in [-0.1, -0.05) is 18.2 Å². The Labute approximate surface area is 193 Å². The summed E-state index contributed by atoms with van der Waals surface area (Å²) in [6.45, 7) is 3.26. The fraction of sp³-hybridized carbons (Fsp3) is 0.280. The topological polar surface area (TPSA) is 154 Å². The highest BCUT2D eigenvalue weighted by atomic mass is 16.7. The monoisotopic (exact) mass is 466 g/mol. The molecule has 1 saturated heterocycles. The third-order valence-electron chi connectivity index (χ3n) is 6.35. The van der Waals surface area contributed by atoms with Gasteiger partial charge in [0.25, 0.3) is 0 Å². The molecule has 1 fully saturated rings. The number of hydrogen-bond acceptors (Lipinski definition) is 9. The van der Waals surface area contributed by atoms with Gasteiger partial charge in [0.15, 0.2) is 5.78 Å². The van der Waals surface area contributed by atoms with E-state index in [0.29, 0.717) is 10.9 Å². The lowest BCUT2D eigenvalue weighted by Crippen LogP contribution is -2.58. The van der Waals surface area contributed by atoms with Crippen LogP contribution in [0, 0.1) is 6.92 Å². The van der Waals surface area contributed by atoms with Gasteiger partial charge >= 0.3 is 0 Å². The first-order chi connectivity index (χ1) is 16.1. The molecule has 0 aromatic heterocycles. The summed E-state index contributed by atoms with van der Waals surface area (Å²) in [5, 5.41) is 52.0. The van der Waals surface area contributed by atoms with Gasteiger partial charge < -0.3 is 35.0 Å². The Kier molecular flexibility index (Phi) is 5.10. The number of ether oxygens (including phenoxy) is 2. The minimum absolute atomic E-state index is 0.0166. The van der Waals surface area contributed by atoms with E-state index in [4.69, 9.17) is 9.47 Å². The van der Waals surface area contributed by atoms with E-state index in [0.717, 1.165) is 0 Å². The molecule has 3 aromatic carbocycles. The second kappa shape index (κ2) is 7.78. The average Bonchev–Trinajstić information content (AvgIpc) is 2.78. The van der Waals surface area contributed by atoms with Crippen LogP contribution in [0.3, 0.4) is 0 Å². The molecule has 0 unspecified atom stereocenters. The zero-order valence-electron chi connectivity index (χ0n) is 18.2. The van der Waals surface area contributed by atoms with Gasteiger partial charge in [-0.2, -0.15) is 0 Å². The van der Waals surface area contributed by atoms with Crippen molar-refractivity contribution >= 4 is 22.3 Å². The van der Waals surface area contributed by atoms with E-state index < -0.39 is 48.0 Å². The highest BCUT2D eigenvalue weighted by Gasteiger charge is 2.44. The molecule has 9 heteroatoms. The molecule has 9 nitrogen and oxygen atoms in total. The zero-order valence-corrected chi connectivity index (χ0v) is 18.2. The molecule has 5 rings (SSSR count). The van der Waals surface area contributed by atoms with Crippen molar-refractivity contribution in [3.8, 4) is 17.2 Å². The molecular formula is C25H22O9. The number of hydrogen-bond donors (Lipinski definition) is 5. The summed E-state index contributed by atoms with van der Waals surface area (Å²) in [4.78, 5) is 26.8. The molecule has 0 saturated carbocycles. The van der Waals surface area contributed by atoms with Crippen LogP contribution < -0.4 is 4.74 Å². The SMILES string of the molecule is Cc1cc(O[C@@H]2O[C@@H](C)[C@H](O)[C@@H](O)[C@H]2O)c2c3c(c(O)cc2c1)C(=O)c1c(O)cccc1C3=O. The van der Waals surface area contributed by atoms with Crippen LogP contribution in [0.2, 0.25) is 0 Å². The Hall–Kier alpha value is -3.50. The smallest absolute Gasteiger partial charge is 0.229 e. The number of rotatable bonds is 2.